The lowest BCUT2D eigenvalue weighted by Gasteiger charge is -2.14. The number of benzene rings is 1. The Labute approximate surface area is 169 Å². The number of carbonyl (C=O) groups excluding carboxylic acids is 1. The normalized spacial score (nSPS) is 12.4. The molecule has 29 heavy (non-hydrogen) atoms. The highest BCUT2D eigenvalue weighted by atomic mass is 16.1. The van der Waals surface area contributed by atoms with Crippen LogP contribution in [-0.2, 0) is 4.79 Å². The van der Waals surface area contributed by atoms with E-state index in [-0.39, 0.29) is 17.5 Å². The Kier molecular flexibility index (Phi) is 6.39. The van der Waals surface area contributed by atoms with E-state index in [2.05, 4.69) is 34.4 Å². The minimum Gasteiger partial charge on any atom is -0.366 e. The van der Waals surface area contributed by atoms with E-state index in [4.69, 9.17) is 0 Å². The van der Waals surface area contributed by atoms with Crippen LogP contribution in [0.3, 0.4) is 0 Å². The predicted octanol–water partition coefficient (Wildman–Crippen LogP) is 3.00. The van der Waals surface area contributed by atoms with Gasteiger partial charge in [0.25, 0.3) is 5.56 Å². The predicted molar refractivity (Wildman–Crippen MR) is 116 cm³/mol. The van der Waals surface area contributed by atoms with Crippen LogP contribution in [0, 0.1) is 0 Å². The summed E-state index contributed by atoms with van der Waals surface area (Å²) in [5.74, 6) is 0.775. The van der Waals surface area contributed by atoms with Gasteiger partial charge in [-0.3, -0.25) is 14.2 Å². The number of hydrogen-bond donors (Lipinski definition) is 2. The van der Waals surface area contributed by atoms with Gasteiger partial charge in [0.2, 0.25) is 5.91 Å². The Bertz CT molecular complexity index is 1070. The molecule has 0 aliphatic carbocycles. The van der Waals surface area contributed by atoms with E-state index in [9.17, 15) is 9.59 Å². The molecule has 0 fully saturated rings. The molecular formula is C22H25N5O2. The van der Waals surface area contributed by atoms with Crippen LogP contribution in [0.25, 0.3) is 17.1 Å². The van der Waals surface area contributed by atoms with Crippen molar-refractivity contribution in [1.82, 2.24) is 19.9 Å². The zero-order chi connectivity index (χ0) is 20.8. The fraction of sp³-hybridized carbons (Fsp3) is 0.273. The number of anilines is 1. The highest BCUT2D eigenvalue weighted by molar-refractivity contribution is 5.90. The van der Waals surface area contributed by atoms with Gasteiger partial charge in [-0.25, -0.2) is 9.97 Å². The lowest BCUT2D eigenvalue weighted by atomic mass is 10.0. The van der Waals surface area contributed by atoms with Gasteiger partial charge < -0.3 is 10.6 Å². The highest BCUT2D eigenvalue weighted by Crippen LogP contribution is 2.17. The van der Waals surface area contributed by atoms with E-state index >= 15 is 0 Å². The minimum atomic E-state index is -0.289. The summed E-state index contributed by atoms with van der Waals surface area (Å²) in [5.41, 5.74) is 1.51. The Morgan fingerprint density at radius 2 is 2.00 bits per heavy atom. The number of hydrogen-bond acceptors (Lipinski definition) is 5. The highest BCUT2D eigenvalue weighted by Gasteiger charge is 2.07. The van der Waals surface area contributed by atoms with Crippen LogP contribution in [0.1, 0.15) is 32.3 Å². The van der Waals surface area contributed by atoms with Gasteiger partial charge in [0, 0.05) is 31.1 Å². The van der Waals surface area contributed by atoms with E-state index in [1.807, 2.05) is 43.3 Å². The third-order valence-corrected chi connectivity index (χ3v) is 4.50. The van der Waals surface area contributed by atoms with E-state index in [0.717, 1.165) is 11.4 Å². The SMILES string of the molecule is CC(CNC(=O)C=Cn1cnc2ccc(C(C)C)cc2c1=O)Nc1ccccn1. The standard InChI is InChI=1S/C22H25N5O2/c1-15(2)17-7-8-19-18(12-17)22(29)27(14-25-19)11-9-21(28)24-13-16(3)26-20-6-4-5-10-23-20/h4-12,14-16H,13H2,1-3H3,(H,23,26)(H,24,28). The summed E-state index contributed by atoms with van der Waals surface area (Å²) in [4.78, 5) is 33.3. The lowest BCUT2D eigenvalue weighted by Crippen LogP contribution is -2.34. The number of nitrogens with one attached hydrogen (secondary N) is 2. The van der Waals surface area contributed by atoms with Crippen molar-refractivity contribution in [2.45, 2.75) is 32.7 Å². The fourth-order valence-electron chi connectivity index (χ4n) is 2.83. The van der Waals surface area contributed by atoms with Crippen LogP contribution in [0.5, 0.6) is 0 Å². The molecular weight excluding hydrogens is 366 g/mol. The molecule has 0 radical (unpaired) electrons. The maximum Gasteiger partial charge on any atom is 0.265 e. The van der Waals surface area contributed by atoms with Gasteiger partial charge >= 0.3 is 0 Å². The number of nitrogens with zero attached hydrogens (tertiary/aromatic N) is 3. The first-order chi connectivity index (χ1) is 13.9. The topological polar surface area (TPSA) is 88.9 Å². The van der Waals surface area contributed by atoms with Crippen molar-refractivity contribution in [2.75, 3.05) is 11.9 Å². The zero-order valence-electron chi connectivity index (χ0n) is 16.8. The van der Waals surface area contributed by atoms with Crippen LogP contribution in [-0.4, -0.2) is 33.0 Å². The molecule has 1 amide bonds. The minimum absolute atomic E-state index is 0.00163. The largest absolute Gasteiger partial charge is 0.366 e. The first-order valence-corrected chi connectivity index (χ1v) is 9.58. The molecule has 3 aromatic rings. The van der Waals surface area contributed by atoms with Crippen LogP contribution >= 0.6 is 0 Å². The zero-order valence-corrected chi connectivity index (χ0v) is 16.8. The molecule has 0 aliphatic rings. The molecule has 0 aliphatic heterocycles. The second-order valence-corrected chi connectivity index (χ2v) is 7.21. The maximum atomic E-state index is 12.7. The van der Waals surface area contributed by atoms with E-state index in [1.54, 1.807) is 6.20 Å². The summed E-state index contributed by atoms with van der Waals surface area (Å²) in [6.45, 7) is 6.51. The summed E-state index contributed by atoms with van der Waals surface area (Å²) in [5, 5.41) is 6.54. The monoisotopic (exact) mass is 391 g/mol. The summed E-state index contributed by atoms with van der Waals surface area (Å²) >= 11 is 0. The molecule has 1 atom stereocenters. The Balaban J connectivity index is 1.64. The molecule has 2 heterocycles. The molecule has 7 heteroatoms. The lowest BCUT2D eigenvalue weighted by molar-refractivity contribution is -0.116. The summed E-state index contributed by atoms with van der Waals surface area (Å²) in [7, 11) is 0. The van der Waals surface area contributed by atoms with Gasteiger partial charge in [0.1, 0.15) is 12.1 Å². The molecule has 0 saturated carbocycles. The molecule has 3 rings (SSSR count). The summed E-state index contributed by atoms with van der Waals surface area (Å²) < 4.78 is 1.32. The molecule has 1 aromatic carbocycles. The van der Waals surface area contributed by atoms with E-state index < -0.39 is 0 Å². The molecule has 0 saturated heterocycles. The number of aromatic nitrogens is 3. The van der Waals surface area contributed by atoms with Gasteiger partial charge in [0.05, 0.1) is 10.9 Å². The van der Waals surface area contributed by atoms with E-state index in [0.29, 0.717) is 23.4 Å². The van der Waals surface area contributed by atoms with Gasteiger partial charge in [0.15, 0.2) is 0 Å². The Morgan fingerprint density at radius 3 is 2.72 bits per heavy atom. The first-order valence-electron chi connectivity index (χ1n) is 9.58. The average molecular weight is 391 g/mol. The molecule has 7 nitrogen and oxygen atoms in total. The number of amides is 1. The van der Waals surface area contributed by atoms with Crippen molar-refractivity contribution in [3.05, 3.63) is 70.9 Å². The third-order valence-electron chi connectivity index (χ3n) is 4.50. The van der Waals surface area contributed by atoms with Gasteiger partial charge in [-0.05, 0) is 42.7 Å². The molecule has 150 valence electrons. The third kappa shape index (κ3) is 5.28. The van der Waals surface area contributed by atoms with Crippen molar-refractivity contribution in [3.8, 4) is 0 Å². The average Bonchev–Trinajstić information content (AvgIpc) is 2.72. The second-order valence-electron chi connectivity index (χ2n) is 7.21. The first kappa shape index (κ1) is 20.3. The van der Waals surface area contributed by atoms with Crippen LogP contribution in [0.2, 0.25) is 0 Å². The van der Waals surface area contributed by atoms with Crippen molar-refractivity contribution in [3.63, 3.8) is 0 Å². The maximum absolute atomic E-state index is 12.7. The molecule has 1 unspecified atom stereocenters. The number of fused-ring (bicyclic) bond motifs is 1. The van der Waals surface area contributed by atoms with Crippen molar-refractivity contribution in [1.29, 1.82) is 0 Å². The fourth-order valence-corrected chi connectivity index (χ4v) is 2.83. The quantitative estimate of drug-likeness (QED) is 0.605. The van der Waals surface area contributed by atoms with Gasteiger partial charge in [-0.15, -0.1) is 0 Å². The molecule has 2 aromatic heterocycles. The molecule has 0 bridgehead atoms. The molecule has 0 spiro atoms. The van der Waals surface area contributed by atoms with E-state index in [1.165, 1.54) is 23.2 Å². The number of pyridine rings is 1. The summed E-state index contributed by atoms with van der Waals surface area (Å²) in [6.07, 6.45) is 5.89. The van der Waals surface area contributed by atoms with Crippen LogP contribution < -0.4 is 16.2 Å². The molecule has 2 N–H and O–H groups in total. The second kappa shape index (κ2) is 9.14. The number of rotatable bonds is 7. The van der Waals surface area contributed by atoms with Gasteiger partial charge in [-0.1, -0.05) is 26.0 Å². The Hall–Kier alpha value is -3.48. The van der Waals surface area contributed by atoms with Crippen LogP contribution in [0.4, 0.5) is 5.82 Å². The van der Waals surface area contributed by atoms with Crippen molar-refractivity contribution < 1.29 is 4.79 Å². The van der Waals surface area contributed by atoms with Crippen LogP contribution in [0.15, 0.2) is 59.8 Å². The Morgan fingerprint density at radius 1 is 1.17 bits per heavy atom. The summed E-state index contributed by atoms with van der Waals surface area (Å²) in [6, 6.07) is 11.3. The van der Waals surface area contributed by atoms with Gasteiger partial charge in [-0.2, -0.15) is 0 Å². The van der Waals surface area contributed by atoms with Crippen molar-refractivity contribution >= 4 is 28.8 Å². The van der Waals surface area contributed by atoms with Crippen molar-refractivity contribution in [2.24, 2.45) is 0 Å². The number of carbonyl (C=O) groups is 1. The smallest absolute Gasteiger partial charge is 0.265 e.